The highest BCUT2D eigenvalue weighted by atomic mass is 32.2. The zero-order valence-electron chi connectivity index (χ0n) is 15.4. The number of carbonyl (C=O) groups is 1. The van der Waals surface area contributed by atoms with Gasteiger partial charge in [0.2, 0.25) is 5.88 Å². The Morgan fingerprint density at radius 3 is 2.74 bits per heavy atom. The molecule has 1 aliphatic rings. The first kappa shape index (κ1) is 19.3. The third kappa shape index (κ3) is 4.11. The van der Waals surface area contributed by atoms with Crippen molar-refractivity contribution in [3.8, 4) is 5.88 Å². The molecule has 3 heterocycles. The van der Waals surface area contributed by atoms with Crippen molar-refractivity contribution in [1.82, 2.24) is 23.7 Å². The predicted molar refractivity (Wildman–Crippen MR) is 97.9 cm³/mol. The van der Waals surface area contributed by atoms with Gasteiger partial charge in [0.25, 0.3) is 15.9 Å². The van der Waals surface area contributed by atoms with Gasteiger partial charge in [-0.25, -0.2) is 18.4 Å². The Morgan fingerprint density at radius 2 is 2.04 bits per heavy atom. The van der Waals surface area contributed by atoms with Crippen LogP contribution >= 0.6 is 0 Å². The fourth-order valence-corrected chi connectivity index (χ4v) is 4.40. The minimum absolute atomic E-state index is 0.0238. The van der Waals surface area contributed by atoms with Gasteiger partial charge in [0, 0.05) is 45.6 Å². The monoisotopic (exact) mass is 393 g/mol. The molecule has 146 valence electrons. The Hall–Kier alpha value is -2.46. The fourth-order valence-electron chi connectivity index (χ4n) is 2.97. The lowest BCUT2D eigenvalue weighted by molar-refractivity contribution is 0.0759. The molecule has 0 bridgehead atoms. The van der Waals surface area contributed by atoms with E-state index >= 15 is 0 Å². The molecule has 2 aromatic heterocycles. The summed E-state index contributed by atoms with van der Waals surface area (Å²) < 4.78 is 33.9. The average molecular weight is 393 g/mol. The highest BCUT2D eigenvalue weighted by Crippen LogP contribution is 2.20. The molecule has 0 saturated carbocycles. The van der Waals surface area contributed by atoms with Gasteiger partial charge in [-0.3, -0.25) is 4.79 Å². The summed E-state index contributed by atoms with van der Waals surface area (Å²) in [5.41, 5.74) is 0.389. The lowest BCUT2D eigenvalue weighted by Gasteiger charge is -2.22. The lowest BCUT2D eigenvalue weighted by Crippen LogP contribution is -2.37. The molecule has 3 rings (SSSR count). The van der Waals surface area contributed by atoms with Crippen LogP contribution in [0.1, 0.15) is 23.7 Å². The number of amides is 1. The number of carbonyl (C=O) groups excluding carboxylic acids is 1. The first-order valence-corrected chi connectivity index (χ1v) is 10.2. The minimum Gasteiger partial charge on any atom is -0.477 e. The number of aromatic nitrogens is 3. The molecule has 0 aliphatic carbocycles. The van der Waals surface area contributed by atoms with Gasteiger partial charge >= 0.3 is 0 Å². The number of rotatable bonds is 5. The molecule has 0 unspecified atom stereocenters. The Kier molecular flexibility index (Phi) is 5.76. The number of hydrogen-bond acceptors (Lipinski definition) is 6. The quantitative estimate of drug-likeness (QED) is 0.744. The summed E-state index contributed by atoms with van der Waals surface area (Å²) in [4.78, 5) is 22.6. The Labute approximate surface area is 158 Å². The summed E-state index contributed by atoms with van der Waals surface area (Å²) in [5.74, 6) is 0.0934. The van der Waals surface area contributed by atoms with E-state index in [9.17, 15) is 13.2 Å². The third-order valence-corrected chi connectivity index (χ3v) is 6.09. The summed E-state index contributed by atoms with van der Waals surface area (Å²) in [6.45, 7) is 3.56. The van der Waals surface area contributed by atoms with E-state index < -0.39 is 10.0 Å². The number of pyridine rings is 1. The van der Waals surface area contributed by atoms with E-state index in [0.717, 1.165) is 0 Å². The van der Waals surface area contributed by atoms with Gasteiger partial charge in [-0.15, -0.1) is 0 Å². The van der Waals surface area contributed by atoms with Gasteiger partial charge < -0.3 is 14.2 Å². The van der Waals surface area contributed by atoms with Gasteiger partial charge in [-0.05, 0) is 25.5 Å². The van der Waals surface area contributed by atoms with E-state index in [-0.39, 0.29) is 17.5 Å². The molecule has 0 aromatic carbocycles. The van der Waals surface area contributed by atoms with Crippen molar-refractivity contribution in [1.29, 1.82) is 0 Å². The van der Waals surface area contributed by atoms with Gasteiger partial charge in [-0.2, -0.15) is 4.31 Å². The first-order chi connectivity index (χ1) is 12.9. The normalized spacial score (nSPS) is 16.1. The van der Waals surface area contributed by atoms with E-state index in [0.29, 0.717) is 44.1 Å². The third-order valence-electron chi connectivity index (χ3n) is 4.31. The molecule has 1 aliphatic heterocycles. The SMILES string of the molecule is CCOc1ncccc1C(=O)N1CCCN(S(=O)(=O)c2cn(C)cn2)CC1. The minimum atomic E-state index is -3.67. The van der Waals surface area contributed by atoms with Gasteiger partial charge in [0.1, 0.15) is 5.56 Å². The van der Waals surface area contributed by atoms with Crippen LogP contribution in [0, 0.1) is 0 Å². The van der Waals surface area contributed by atoms with Crippen LogP contribution < -0.4 is 4.74 Å². The highest BCUT2D eigenvalue weighted by molar-refractivity contribution is 7.89. The number of nitrogens with zero attached hydrogens (tertiary/aromatic N) is 5. The summed E-state index contributed by atoms with van der Waals surface area (Å²) in [5, 5.41) is 0.0238. The second-order valence-corrected chi connectivity index (χ2v) is 8.10. The molecule has 9 nitrogen and oxygen atoms in total. The summed E-state index contributed by atoms with van der Waals surface area (Å²) in [7, 11) is -1.95. The van der Waals surface area contributed by atoms with Crippen LogP contribution in [0.4, 0.5) is 0 Å². The molecule has 1 amide bonds. The molecule has 0 atom stereocenters. The van der Waals surface area contributed by atoms with Gasteiger partial charge in [-0.1, -0.05) is 0 Å². The van der Waals surface area contributed by atoms with Crippen LogP contribution in [-0.2, 0) is 17.1 Å². The van der Waals surface area contributed by atoms with E-state index in [2.05, 4.69) is 9.97 Å². The standard InChI is InChI=1S/C17H23N5O4S/c1-3-26-16-14(6-4-7-18-16)17(23)21-8-5-9-22(11-10-21)27(24,25)15-12-20(2)13-19-15/h4,6-7,12-13H,3,5,8-11H2,1-2H3. The molecule has 27 heavy (non-hydrogen) atoms. The maximum Gasteiger partial charge on any atom is 0.262 e. The molecular weight excluding hydrogens is 370 g/mol. The molecule has 10 heteroatoms. The van der Waals surface area contributed by atoms with Crippen molar-refractivity contribution in [2.45, 2.75) is 18.4 Å². The highest BCUT2D eigenvalue weighted by Gasteiger charge is 2.30. The molecule has 1 fully saturated rings. The second-order valence-electron chi connectivity index (χ2n) is 6.22. The first-order valence-electron chi connectivity index (χ1n) is 8.78. The smallest absolute Gasteiger partial charge is 0.262 e. The van der Waals surface area contributed by atoms with Crippen LogP contribution in [0.2, 0.25) is 0 Å². The maximum absolute atomic E-state index is 12.9. The topological polar surface area (TPSA) is 97.6 Å². The number of hydrogen-bond donors (Lipinski definition) is 0. The number of aryl methyl sites for hydroxylation is 1. The van der Waals surface area contributed by atoms with Crippen molar-refractivity contribution in [2.75, 3.05) is 32.8 Å². The average Bonchev–Trinajstić information content (AvgIpc) is 2.95. The van der Waals surface area contributed by atoms with Crippen LogP contribution in [0.15, 0.2) is 35.9 Å². The van der Waals surface area contributed by atoms with Crippen molar-refractivity contribution in [3.05, 3.63) is 36.4 Å². The van der Waals surface area contributed by atoms with Crippen molar-refractivity contribution in [3.63, 3.8) is 0 Å². The van der Waals surface area contributed by atoms with Crippen LogP contribution in [0.25, 0.3) is 0 Å². The van der Waals surface area contributed by atoms with Crippen molar-refractivity contribution < 1.29 is 17.9 Å². The second kappa shape index (κ2) is 8.05. The van der Waals surface area contributed by atoms with Gasteiger partial charge in [0.15, 0.2) is 5.03 Å². The number of imidazole rings is 1. The number of sulfonamides is 1. The maximum atomic E-state index is 12.9. The molecule has 0 N–H and O–H groups in total. The summed E-state index contributed by atoms with van der Waals surface area (Å²) >= 11 is 0. The zero-order valence-corrected chi connectivity index (χ0v) is 16.2. The van der Waals surface area contributed by atoms with Crippen LogP contribution in [0.5, 0.6) is 5.88 Å². The molecular formula is C17H23N5O4S. The van der Waals surface area contributed by atoms with E-state index in [1.165, 1.54) is 16.8 Å². The molecule has 0 radical (unpaired) electrons. The molecule has 0 spiro atoms. The Morgan fingerprint density at radius 1 is 1.22 bits per heavy atom. The van der Waals surface area contributed by atoms with Gasteiger partial charge in [0.05, 0.1) is 12.9 Å². The zero-order chi connectivity index (χ0) is 19.4. The summed E-state index contributed by atoms with van der Waals surface area (Å²) in [6.07, 6.45) is 5.05. The van der Waals surface area contributed by atoms with Crippen molar-refractivity contribution in [2.24, 2.45) is 7.05 Å². The Bertz CT molecular complexity index is 912. The van der Waals surface area contributed by atoms with E-state index in [1.807, 2.05) is 6.92 Å². The fraction of sp³-hybridized carbons (Fsp3) is 0.471. The summed E-state index contributed by atoms with van der Waals surface area (Å²) in [6, 6.07) is 3.36. The van der Waals surface area contributed by atoms with Crippen LogP contribution in [0.3, 0.4) is 0 Å². The van der Waals surface area contributed by atoms with E-state index in [1.54, 1.807) is 34.8 Å². The van der Waals surface area contributed by atoms with Crippen molar-refractivity contribution >= 4 is 15.9 Å². The molecule has 1 saturated heterocycles. The predicted octanol–water partition coefficient (Wildman–Crippen LogP) is 0.751. The Balaban J connectivity index is 1.74. The van der Waals surface area contributed by atoms with Crippen LogP contribution in [-0.4, -0.2) is 70.9 Å². The lowest BCUT2D eigenvalue weighted by atomic mass is 10.2. The largest absolute Gasteiger partial charge is 0.477 e. The van der Waals surface area contributed by atoms with E-state index in [4.69, 9.17) is 4.74 Å². The molecule has 2 aromatic rings. The number of ether oxygens (including phenoxy) is 1.